The van der Waals surface area contributed by atoms with Gasteiger partial charge in [-0.3, -0.25) is 9.47 Å². The van der Waals surface area contributed by atoms with Crippen LogP contribution in [0.1, 0.15) is 29.5 Å². The fourth-order valence-corrected chi connectivity index (χ4v) is 4.77. The Morgan fingerprint density at radius 1 is 1.03 bits per heavy atom. The van der Waals surface area contributed by atoms with Crippen molar-refractivity contribution < 1.29 is 13.9 Å². The quantitative estimate of drug-likeness (QED) is 0.317. The van der Waals surface area contributed by atoms with Gasteiger partial charge in [0.2, 0.25) is 0 Å². The first-order valence-electron chi connectivity index (χ1n) is 12.4. The lowest BCUT2D eigenvalue weighted by molar-refractivity contribution is 0.141. The van der Waals surface area contributed by atoms with E-state index in [0.717, 1.165) is 36.3 Å². The number of alkyl halides is 1. The first-order chi connectivity index (χ1) is 18.1. The molecule has 1 fully saturated rings. The zero-order chi connectivity index (χ0) is 25.8. The van der Waals surface area contributed by atoms with Crippen molar-refractivity contribution in [3.63, 3.8) is 0 Å². The zero-order valence-electron chi connectivity index (χ0n) is 20.9. The second-order valence-corrected chi connectivity index (χ2v) is 9.25. The molecule has 10 heteroatoms. The summed E-state index contributed by atoms with van der Waals surface area (Å²) in [4.78, 5) is 26.3. The van der Waals surface area contributed by atoms with Gasteiger partial charge in [0.05, 0.1) is 13.2 Å². The predicted octanol–water partition coefficient (Wildman–Crippen LogP) is 3.51. The maximum atomic E-state index is 14.1. The minimum absolute atomic E-state index is 0.0581. The summed E-state index contributed by atoms with van der Waals surface area (Å²) in [6.45, 7) is 3.42. The number of imidazole rings is 1. The molecular formula is C27H31FN6O3. The van der Waals surface area contributed by atoms with Crippen molar-refractivity contribution in [2.45, 2.75) is 32.6 Å². The fraction of sp³-hybridized carbons (Fsp3) is 0.370. The maximum Gasteiger partial charge on any atom is 0.328 e. The van der Waals surface area contributed by atoms with E-state index >= 15 is 0 Å². The largest absolute Gasteiger partial charge is 0.461 e. The smallest absolute Gasteiger partial charge is 0.328 e. The monoisotopic (exact) mass is 506 g/mol. The molecule has 5 rings (SSSR count). The van der Waals surface area contributed by atoms with Crippen LogP contribution >= 0.6 is 0 Å². The second kappa shape index (κ2) is 11.1. The molecule has 1 aliphatic rings. The molecule has 0 saturated carbocycles. The summed E-state index contributed by atoms with van der Waals surface area (Å²) in [5, 5.41) is 0. The summed E-state index contributed by atoms with van der Waals surface area (Å²) >= 11 is 0. The van der Waals surface area contributed by atoms with Crippen LogP contribution in [-0.4, -0.2) is 57.8 Å². The van der Waals surface area contributed by atoms with E-state index in [1.54, 1.807) is 13.2 Å². The van der Waals surface area contributed by atoms with Crippen molar-refractivity contribution >= 4 is 17.0 Å². The van der Waals surface area contributed by atoms with Crippen LogP contribution in [-0.2, 0) is 24.5 Å². The van der Waals surface area contributed by atoms with Crippen LogP contribution in [0.4, 0.5) is 10.2 Å². The molecule has 1 aliphatic heterocycles. The van der Waals surface area contributed by atoms with E-state index < -0.39 is 6.67 Å². The van der Waals surface area contributed by atoms with Gasteiger partial charge in [-0.2, -0.15) is 9.97 Å². The number of anilines is 1. The molecule has 0 spiro atoms. The van der Waals surface area contributed by atoms with Crippen LogP contribution in [0, 0.1) is 0 Å². The number of hydrogen-bond acceptors (Lipinski definition) is 7. The Bertz CT molecular complexity index is 1430. The number of aromatic nitrogens is 4. The van der Waals surface area contributed by atoms with E-state index in [-0.39, 0.29) is 30.7 Å². The topological polar surface area (TPSA) is 111 Å². The summed E-state index contributed by atoms with van der Waals surface area (Å²) < 4.78 is 26.0. The highest BCUT2D eigenvalue weighted by molar-refractivity contribution is 5.82. The Hall–Kier alpha value is -3.76. The van der Waals surface area contributed by atoms with Gasteiger partial charge in [-0.15, -0.1) is 0 Å². The number of halogens is 1. The summed E-state index contributed by atoms with van der Waals surface area (Å²) in [7, 11) is 1.56. The van der Waals surface area contributed by atoms with Crippen LogP contribution in [0.5, 0.6) is 6.01 Å². The molecule has 1 saturated heterocycles. The van der Waals surface area contributed by atoms with Crippen molar-refractivity contribution in [3.05, 3.63) is 69.6 Å². The van der Waals surface area contributed by atoms with E-state index in [4.69, 9.17) is 15.2 Å². The van der Waals surface area contributed by atoms with Gasteiger partial charge in [-0.05, 0) is 53.7 Å². The van der Waals surface area contributed by atoms with E-state index in [2.05, 4.69) is 44.1 Å². The SMILES string of the molecule is COCCOc1nc(N)c2[nH]c(=O)n(Cc3ccc(-c4ccc(CN5CCCC5)cc4)c(CF)c3)c2n1. The first-order valence-corrected chi connectivity index (χ1v) is 12.4. The van der Waals surface area contributed by atoms with Crippen molar-refractivity contribution in [2.75, 3.05) is 39.1 Å². The lowest BCUT2D eigenvalue weighted by Gasteiger charge is -2.15. The highest BCUT2D eigenvalue weighted by Gasteiger charge is 2.16. The molecule has 9 nitrogen and oxygen atoms in total. The Kier molecular flexibility index (Phi) is 7.47. The van der Waals surface area contributed by atoms with Gasteiger partial charge in [-0.25, -0.2) is 9.18 Å². The van der Waals surface area contributed by atoms with E-state index in [0.29, 0.717) is 23.3 Å². The molecule has 0 amide bonds. The molecule has 2 aromatic heterocycles. The highest BCUT2D eigenvalue weighted by Crippen LogP contribution is 2.27. The average Bonchev–Trinajstić information content (AvgIpc) is 3.53. The standard InChI is InChI=1S/C27H31FN6O3/c1-36-12-13-37-26-31-24(29)23-25(32-26)34(27(35)30-23)17-19-6-9-22(21(14-19)15-28)20-7-4-18(5-8-20)16-33-10-2-3-11-33/h4-9,14H,2-3,10-13,15-17H2,1H3,(H,30,35)(H2,29,31,32). The Morgan fingerprint density at radius 3 is 2.51 bits per heavy atom. The molecule has 194 valence electrons. The molecule has 0 atom stereocenters. The fourth-order valence-electron chi connectivity index (χ4n) is 4.77. The third-order valence-electron chi connectivity index (χ3n) is 6.67. The van der Waals surface area contributed by atoms with Gasteiger partial charge < -0.3 is 20.2 Å². The van der Waals surface area contributed by atoms with Crippen molar-refractivity contribution in [3.8, 4) is 17.1 Å². The number of nitrogens with one attached hydrogen (secondary N) is 1. The van der Waals surface area contributed by atoms with Gasteiger partial charge in [0, 0.05) is 13.7 Å². The van der Waals surface area contributed by atoms with E-state index in [1.807, 2.05) is 12.1 Å². The zero-order valence-corrected chi connectivity index (χ0v) is 20.9. The van der Waals surface area contributed by atoms with Gasteiger partial charge in [0.15, 0.2) is 11.5 Å². The minimum atomic E-state index is -0.617. The van der Waals surface area contributed by atoms with Crippen LogP contribution in [0.15, 0.2) is 47.3 Å². The van der Waals surface area contributed by atoms with E-state index in [1.165, 1.54) is 23.0 Å². The lowest BCUT2D eigenvalue weighted by atomic mass is 9.97. The maximum absolute atomic E-state index is 14.1. The van der Waals surface area contributed by atoms with Crippen LogP contribution in [0.3, 0.4) is 0 Å². The number of aromatic amines is 1. The van der Waals surface area contributed by atoms with Crippen LogP contribution < -0.4 is 16.2 Å². The average molecular weight is 507 g/mol. The van der Waals surface area contributed by atoms with Crippen LogP contribution in [0.25, 0.3) is 22.3 Å². The predicted molar refractivity (Wildman–Crippen MR) is 140 cm³/mol. The number of nitrogens with two attached hydrogens (primary N) is 1. The molecule has 37 heavy (non-hydrogen) atoms. The molecule has 4 aromatic rings. The summed E-state index contributed by atoms with van der Waals surface area (Å²) in [5.74, 6) is 0.112. The number of H-pyrrole nitrogens is 1. The van der Waals surface area contributed by atoms with Gasteiger partial charge in [0.25, 0.3) is 0 Å². The lowest BCUT2D eigenvalue weighted by Crippen LogP contribution is -2.18. The van der Waals surface area contributed by atoms with Crippen LogP contribution in [0.2, 0.25) is 0 Å². The number of nitrogens with zero attached hydrogens (tertiary/aromatic N) is 4. The van der Waals surface area contributed by atoms with Gasteiger partial charge >= 0.3 is 11.7 Å². The summed E-state index contributed by atoms with van der Waals surface area (Å²) in [6.07, 6.45) is 2.53. The highest BCUT2D eigenvalue weighted by atomic mass is 19.1. The number of hydrogen-bond donors (Lipinski definition) is 2. The molecule has 0 radical (unpaired) electrons. The van der Waals surface area contributed by atoms with Crippen molar-refractivity contribution in [1.82, 2.24) is 24.4 Å². The van der Waals surface area contributed by atoms with Gasteiger partial charge in [-0.1, -0.05) is 42.5 Å². The third-order valence-corrected chi connectivity index (χ3v) is 6.67. The molecule has 0 unspecified atom stereocenters. The molecule has 3 N–H and O–H groups in total. The van der Waals surface area contributed by atoms with E-state index in [9.17, 15) is 9.18 Å². The summed E-state index contributed by atoms with van der Waals surface area (Å²) in [5.41, 5.74) is 10.7. The Labute approximate surface area is 214 Å². The third kappa shape index (κ3) is 5.50. The first kappa shape index (κ1) is 24.9. The number of ether oxygens (including phenoxy) is 2. The minimum Gasteiger partial charge on any atom is -0.461 e. The molecule has 3 heterocycles. The number of rotatable bonds is 10. The normalized spacial score (nSPS) is 14.0. The Balaban J connectivity index is 1.39. The van der Waals surface area contributed by atoms with Crippen molar-refractivity contribution in [2.24, 2.45) is 0 Å². The number of benzene rings is 2. The number of nitrogen functional groups attached to an aromatic ring is 1. The molecule has 0 bridgehead atoms. The Morgan fingerprint density at radius 2 is 1.78 bits per heavy atom. The van der Waals surface area contributed by atoms with Crippen molar-refractivity contribution in [1.29, 1.82) is 0 Å². The number of methoxy groups -OCH3 is 1. The number of fused-ring (bicyclic) bond motifs is 1. The molecule has 0 aliphatic carbocycles. The second-order valence-electron chi connectivity index (χ2n) is 9.25. The molecular weight excluding hydrogens is 475 g/mol. The molecule has 2 aromatic carbocycles. The number of likely N-dealkylation sites (tertiary alicyclic amines) is 1. The van der Waals surface area contributed by atoms with Gasteiger partial charge in [0.1, 0.15) is 18.8 Å². The summed E-state index contributed by atoms with van der Waals surface area (Å²) in [6, 6.07) is 14.0.